The van der Waals surface area contributed by atoms with E-state index in [1.165, 1.54) is 5.56 Å². The van der Waals surface area contributed by atoms with E-state index in [1.807, 2.05) is 10.9 Å². The molecule has 14 heavy (non-hydrogen) atoms. The van der Waals surface area contributed by atoms with Crippen LogP contribution in [-0.2, 0) is 11.2 Å². The molecule has 2 heterocycles. The summed E-state index contributed by atoms with van der Waals surface area (Å²) in [5.74, 6) is 0. The molecule has 2 rings (SSSR count). The first-order valence-corrected chi connectivity index (χ1v) is 5.21. The van der Waals surface area contributed by atoms with Gasteiger partial charge in [0.05, 0.1) is 18.8 Å². The SMILES string of the molecule is NCCCc1cnn([C@@H]2CCOC2)c1. The second-order valence-electron chi connectivity index (χ2n) is 3.74. The van der Waals surface area contributed by atoms with Gasteiger partial charge >= 0.3 is 0 Å². The summed E-state index contributed by atoms with van der Waals surface area (Å²) in [7, 11) is 0. The number of hydrogen-bond acceptors (Lipinski definition) is 3. The standard InChI is InChI=1S/C10H17N3O/c11-4-1-2-9-6-12-13(7-9)10-3-5-14-8-10/h6-7,10H,1-5,8,11H2/t10-/m1/s1. The first-order chi connectivity index (χ1) is 6.90. The monoisotopic (exact) mass is 195 g/mol. The quantitative estimate of drug-likeness (QED) is 0.770. The van der Waals surface area contributed by atoms with E-state index in [-0.39, 0.29) is 0 Å². The Morgan fingerprint density at radius 2 is 2.57 bits per heavy atom. The molecular weight excluding hydrogens is 178 g/mol. The highest BCUT2D eigenvalue weighted by molar-refractivity contribution is 5.04. The third-order valence-corrected chi connectivity index (χ3v) is 2.60. The number of ether oxygens (including phenoxy) is 1. The molecular formula is C10H17N3O. The van der Waals surface area contributed by atoms with Crippen LogP contribution in [0.5, 0.6) is 0 Å². The Labute approximate surface area is 84.0 Å². The fourth-order valence-corrected chi connectivity index (χ4v) is 1.74. The number of hydrogen-bond donors (Lipinski definition) is 1. The van der Waals surface area contributed by atoms with Crippen molar-refractivity contribution in [3.05, 3.63) is 18.0 Å². The van der Waals surface area contributed by atoms with Crippen molar-refractivity contribution >= 4 is 0 Å². The maximum absolute atomic E-state index is 5.46. The van der Waals surface area contributed by atoms with Crippen LogP contribution in [0.4, 0.5) is 0 Å². The van der Waals surface area contributed by atoms with Gasteiger partial charge in [0.25, 0.3) is 0 Å². The van der Waals surface area contributed by atoms with E-state index in [2.05, 4.69) is 11.3 Å². The van der Waals surface area contributed by atoms with Crippen LogP contribution in [0.3, 0.4) is 0 Å². The molecule has 1 aromatic heterocycles. The van der Waals surface area contributed by atoms with Crippen molar-refractivity contribution in [3.63, 3.8) is 0 Å². The Kier molecular flexibility index (Phi) is 3.16. The van der Waals surface area contributed by atoms with Crippen LogP contribution in [0.15, 0.2) is 12.4 Å². The van der Waals surface area contributed by atoms with E-state index in [0.29, 0.717) is 6.04 Å². The van der Waals surface area contributed by atoms with Gasteiger partial charge in [-0.25, -0.2) is 0 Å². The minimum absolute atomic E-state index is 0.446. The molecule has 1 aliphatic heterocycles. The van der Waals surface area contributed by atoms with Crippen molar-refractivity contribution in [2.24, 2.45) is 5.73 Å². The van der Waals surface area contributed by atoms with E-state index in [0.717, 1.165) is 39.0 Å². The average Bonchev–Trinajstić information content (AvgIpc) is 2.85. The lowest BCUT2D eigenvalue weighted by Crippen LogP contribution is -2.08. The second-order valence-corrected chi connectivity index (χ2v) is 3.74. The first kappa shape index (κ1) is 9.68. The number of nitrogens with two attached hydrogens (primary N) is 1. The number of aryl methyl sites for hydroxylation is 1. The molecule has 0 bridgehead atoms. The van der Waals surface area contributed by atoms with Crippen LogP contribution < -0.4 is 5.73 Å². The lowest BCUT2D eigenvalue weighted by Gasteiger charge is -2.06. The molecule has 1 atom stereocenters. The van der Waals surface area contributed by atoms with Crippen LogP contribution in [0, 0.1) is 0 Å². The van der Waals surface area contributed by atoms with Gasteiger partial charge in [-0.2, -0.15) is 5.10 Å². The largest absolute Gasteiger partial charge is 0.379 e. The smallest absolute Gasteiger partial charge is 0.0774 e. The van der Waals surface area contributed by atoms with E-state index in [9.17, 15) is 0 Å². The Hall–Kier alpha value is -0.870. The molecule has 0 radical (unpaired) electrons. The molecule has 0 aliphatic carbocycles. The van der Waals surface area contributed by atoms with Crippen LogP contribution in [0.25, 0.3) is 0 Å². The van der Waals surface area contributed by atoms with Crippen molar-refractivity contribution in [2.45, 2.75) is 25.3 Å². The van der Waals surface area contributed by atoms with Crippen molar-refractivity contribution in [2.75, 3.05) is 19.8 Å². The van der Waals surface area contributed by atoms with E-state index >= 15 is 0 Å². The zero-order chi connectivity index (χ0) is 9.80. The van der Waals surface area contributed by atoms with Crippen molar-refractivity contribution < 1.29 is 4.74 Å². The number of rotatable bonds is 4. The maximum Gasteiger partial charge on any atom is 0.0774 e. The van der Waals surface area contributed by atoms with E-state index in [1.54, 1.807) is 0 Å². The Morgan fingerprint density at radius 3 is 3.29 bits per heavy atom. The molecule has 0 saturated carbocycles. The fraction of sp³-hybridized carbons (Fsp3) is 0.700. The molecule has 1 saturated heterocycles. The van der Waals surface area contributed by atoms with Crippen molar-refractivity contribution in [1.29, 1.82) is 0 Å². The molecule has 2 N–H and O–H groups in total. The van der Waals surface area contributed by atoms with Gasteiger partial charge in [-0.15, -0.1) is 0 Å². The van der Waals surface area contributed by atoms with Crippen molar-refractivity contribution in [3.8, 4) is 0 Å². The van der Waals surface area contributed by atoms with Crippen LogP contribution in [-0.4, -0.2) is 29.5 Å². The molecule has 1 fully saturated rings. The summed E-state index contributed by atoms with van der Waals surface area (Å²) in [5, 5.41) is 4.35. The minimum Gasteiger partial charge on any atom is -0.379 e. The van der Waals surface area contributed by atoms with Gasteiger partial charge in [0.2, 0.25) is 0 Å². The molecule has 4 nitrogen and oxygen atoms in total. The fourth-order valence-electron chi connectivity index (χ4n) is 1.74. The third-order valence-electron chi connectivity index (χ3n) is 2.60. The summed E-state index contributed by atoms with van der Waals surface area (Å²) in [6.07, 6.45) is 7.21. The topological polar surface area (TPSA) is 53.1 Å². The van der Waals surface area contributed by atoms with Gasteiger partial charge in [0, 0.05) is 12.8 Å². The predicted molar refractivity (Wildman–Crippen MR) is 54.1 cm³/mol. The Morgan fingerprint density at radius 1 is 1.64 bits per heavy atom. The van der Waals surface area contributed by atoms with Crippen LogP contribution >= 0.6 is 0 Å². The summed E-state index contributed by atoms with van der Waals surface area (Å²) in [6, 6.07) is 0.446. The molecule has 0 aromatic carbocycles. The number of nitrogens with zero attached hydrogens (tertiary/aromatic N) is 2. The van der Waals surface area contributed by atoms with Crippen LogP contribution in [0.2, 0.25) is 0 Å². The molecule has 0 unspecified atom stereocenters. The van der Waals surface area contributed by atoms with Gasteiger partial charge in [0.1, 0.15) is 0 Å². The lowest BCUT2D eigenvalue weighted by molar-refractivity contribution is 0.184. The molecule has 78 valence electrons. The summed E-state index contributed by atoms with van der Waals surface area (Å²) >= 11 is 0. The Balaban J connectivity index is 1.94. The van der Waals surface area contributed by atoms with Gasteiger partial charge < -0.3 is 10.5 Å². The molecule has 0 spiro atoms. The normalized spacial score (nSPS) is 21.6. The van der Waals surface area contributed by atoms with Crippen LogP contribution in [0.1, 0.15) is 24.4 Å². The summed E-state index contributed by atoms with van der Waals surface area (Å²) in [6.45, 7) is 2.42. The molecule has 1 aliphatic rings. The highest BCUT2D eigenvalue weighted by Gasteiger charge is 2.17. The van der Waals surface area contributed by atoms with Gasteiger partial charge in [-0.3, -0.25) is 4.68 Å². The summed E-state index contributed by atoms with van der Waals surface area (Å²) in [4.78, 5) is 0. The molecule has 4 heteroatoms. The first-order valence-electron chi connectivity index (χ1n) is 5.21. The van der Waals surface area contributed by atoms with E-state index in [4.69, 9.17) is 10.5 Å². The van der Waals surface area contributed by atoms with Crippen molar-refractivity contribution in [1.82, 2.24) is 9.78 Å². The summed E-state index contributed by atoms with van der Waals surface area (Å²) < 4.78 is 7.35. The lowest BCUT2D eigenvalue weighted by atomic mass is 10.2. The highest BCUT2D eigenvalue weighted by atomic mass is 16.5. The van der Waals surface area contributed by atoms with E-state index < -0.39 is 0 Å². The minimum atomic E-state index is 0.446. The average molecular weight is 195 g/mol. The maximum atomic E-state index is 5.46. The molecule has 1 aromatic rings. The zero-order valence-electron chi connectivity index (χ0n) is 8.35. The highest BCUT2D eigenvalue weighted by Crippen LogP contribution is 2.18. The number of aromatic nitrogens is 2. The van der Waals surface area contributed by atoms with Gasteiger partial charge in [0.15, 0.2) is 0 Å². The molecule has 0 amide bonds. The third kappa shape index (κ3) is 2.13. The zero-order valence-corrected chi connectivity index (χ0v) is 8.35. The Bertz CT molecular complexity index is 279. The predicted octanol–water partition coefficient (Wildman–Crippen LogP) is 0.736. The van der Waals surface area contributed by atoms with Gasteiger partial charge in [-0.1, -0.05) is 0 Å². The second kappa shape index (κ2) is 4.57. The summed E-state index contributed by atoms with van der Waals surface area (Å²) in [5.41, 5.74) is 6.74. The van der Waals surface area contributed by atoms with Gasteiger partial charge in [-0.05, 0) is 31.4 Å².